The number of aromatic nitrogens is 5. The summed E-state index contributed by atoms with van der Waals surface area (Å²) in [5.74, 6) is 1.78. The summed E-state index contributed by atoms with van der Waals surface area (Å²) in [6, 6.07) is 3.57. The van der Waals surface area contributed by atoms with Crippen molar-refractivity contribution in [3.05, 3.63) is 47.5 Å². The molecule has 4 rings (SSSR count). The van der Waals surface area contributed by atoms with Crippen molar-refractivity contribution in [1.82, 2.24) is 24.7 Å². The Balaban J connectivity index is 1.39. The zero-order valence-corrected chi connectivity index (χ0v) is 19.0. The van der Waals surface area contributed by atoms with E-state index in [1.165, 1.54) is 0 Å². The summed E-state index contributed by atoms with van der Waals surface area (Å²) in [7, 11) is 1.86. The van der Waals surface area contributed by atoms with Crippen LogP contribution in [0.1, 0.15) is 37.6 Å². The van der Waals surface area contributed by atoms with Gasteiger partial charge in [-0.05, 0) is 33.3 Å². The van der Waals surface area contributed by atoms with Crippen LogP contribution in [0.3, 0.4) is 0 Å². The monoisotopic (exact) mass is 436 g/mol. The third kappa shape index (κ3) is 4.63. The molecule has 1 aliphatic rings. The quantitative estimate of drug-likeness (QED) is 0.582. The van der Waals surface area contributed by atoms with Gasteiger partial charge in [0.15, 0.2) is 5.82 Å². The van der Waals surface area contributed by atoms with E-state index in [9.17, 15) is 4.79 Å². The van der Waals surface area contributed by atoms with Crippen LogP contribution >= 0.6 is 0 Å². The van der Waals surface area contributed by atoms with Crippen LogP contribution in [0.5, 0.6) is 5.88 Å². The second-order valence-electron chi connectivity index (χ2n) is 8.18. The third-order valence-electron chi connectivity index (χ3n) is 5.25. The topological polar surface area (TPSA) is 110 Å². The van der Waals surface area contributed by atoms with Gasteiger partial charge >= 0.3 is 0 Å². The number of anilines is 3. The van der Waals surface area contributed by atoms with Gasteiger partial charge in [-0.3, -0.25) is 9.48 Å². The molecule has 3 aromatic heterocycles. The molecule has 0 saturated heterocycles. The van der Waals surface area contributed by atoms with Gasteiger partial charge in [-0.1, -0.05) is 6.07 Å². The van der Waals surface area contributed by atoms with E-state index < -0.39 is 0 Å². The molecule has 0 radical (unpaired) electrons. The molecular formula is C22H28N8O2. The number of ether oxygens (including phenoxy) is 1. The molecule has 4 heterocycles. The number of carbonyl (C=O) groups excluding carboxylic acids is 1. The molecule has 0 aromatic carbocycles. The average Bonchev–Trinajstić information content (AvgIpc) is 3.20. The van der Waals surface area contributed by atoms with E-state index in [4.69, 9.17) is 4.74 Å². The maximum Gasteiger partial charge on any atom is 0.246 e. The average molecular weight is 437 g/mol. The molecule has 3 aromatic rings. The standard InChI is InChI=1S/C22H28N8O2/c1-13(2)32-18-7-6-16(8-23-18)11-30-12-17(10-25-30)9-24-22-26-14(3)19-20(28-22)29(5)15(4)21(31)27-19/h6-8,10,12-13,15H,9,11H2,1-5H3,(H,27,31)(H,24,26,28)/t15-/m0/s1. The van der Waals surface area contributed by atoms with Crippen molar-refractivity contribution in [2.45, 2.75) is 52.9 Å². The Morgan fingerprint density at radius 3 is 2.75 bits per heavy atom. The van der Waals surface area contributed by atoms with Crippen LogP contribution in [0.25, 0.3) is 0 Å². The maximum absolute atomic E-state index is 12.1. The first-order valence-electron chi connectivity index (χ1n) is 10.6. The molecule has 0 spiro atoms. The van der Waals surface area contributed by atoms with Crippen molar-refractivity contribution in [3.8, 4) is 5.88 Å². The Hall–Kier alpha value is -3.69. The molecule has 168 valence electrons. The van der Waals surface area contributed by atoms with E-state index in [-0.39, 0.29) is 18.1 Å². The van der Waals surface area contributed by atoms with Gasteiger partial charge in [-0.2, -0.15) is 10.1 Å². The highest BCUT2D eigenvalue weighted by atomic mass is 16.5. The molecule has 0 saturated carbocycles. The first-order valence-corrected chi connectivity index (χ1v) is 10.6. The van der Waals surface area contributed by atoms with E-state index in [1.54, 1.807) is 6.20 Å². The fraction of sp³-hybridized carbons (Fsp3) is 0.409. The van der Waals surface area contributed by atoms with Gasteiger partial charge in [0.2, 0.25) is 17.7 Å². The largest absolute Gasteiger partial charge is 0.475 e. The second-order valence-corrected chi connectivity index (χ2v) is 8.18. The van der Waals surface area contributed by atoms with E-state index in [0.717, 1.165) is 16.8 Å². The number of hydrogen-bond acceptors (Lipinski definition) is 8. The van der Waals surface area contributed by atoms with E-state index in [1.807, 2.05) is 68.9 Å². The molecule has 1 amide bonds. The SMILES string of the molecule is Cc1nc(NCc2cnn(Cc3ccc(OC(C)C)nc3)c2)nc2c1NC(=O)[C@H](C)N2C. The highest BCUT2D eigenvalue weighted by molar-refractivity contribution is 6.03. The number of amides is 1. The van der Waals surface area contributed by atoms with Gasteiger partial charge in [0.25, 0.3) is 0 Å². The van der Waals surface area contributed by atoms with Crippen LogP contribution in [0, 0.1) is 6.92 Å². The predicted molar refractivity (Wildman–Crippen MR) is 122 cm³/mol. The molecule has 10 nitrogen and oxygen atoms in total. The molecule has 1 aliphatic heterocycles. The number of pyridine rings is 1. The number of aryl methyl sites for hydroxylation is 1. The Morgan fingerprint density at radius 1 is 1.22 bits per heavy atom. The molecule has 10 heteroatoms. The van der Waals surface area contributed by atoms with Crippen LogP contribution in [0.4, 0.5) is 17.5 Å². The lowest BCUT2D eigenvalue weighted by molar-refractivity contribution is -0.117. The van der Waals surface area contributed by atoms with E-state index >= 15 is 0 Å². The summed E-state index contributed by atoms with van der Waals surface area (Å²) in [4.78, 5) is 27.3. The van der Waals surface area contributed by atoms with Crippen molar-refractivity contribution in [2.24, 2.45) is 0 Å². The lowest BCUT2D eigenvalue weighted by Crippen LogP contribution is -2.44. The van der Waals surface area contributed by atoms with Crippen molar-refractivity contribution in [1.29, 1.82) is 0 Å². The van der Waals surface area contributed by atoms with Gasteiger partial charge in [0.1, 0.15) is 11.7 Å². The van der Waals surface area contributed by atoms with Gasteiger partial charge in [-0.25, -0.2) is 9.97 Å². The number of rotatable bonds is 7. The molecule has 0 fully saturated rings. The fourth-order valence-electron chi connectivity index (χ4n) is 3.39. The number of hydrogen-bond donors (Lipinski definition) is 2. The summed E-state index contributed by atoms with van der Waals surface area (Å²) in [5, 5.41) is 10.6. The summed E-state index contributed by atoms with van der Waals surface area (Å²) in [5.41, 5.74) is 3.42. The zero-order valence-electron chi connectivity index (χ0n) is 19.0. The molecular weight excluding hydrogens is 408 g/mol. The normalized spacial score (nSPS) is 15.5. The molecule has 1 atom stereocenters. The molecule has 0 aliphatic carbocycles. The molecule has 2 N–H and O–H groups in total. The van der Waals surface area contributed by atoms with Crippen LogP contribution in [-0.2, 0) is 17.9 Å². The lowest BCUT2D eigenvalue weighted by Gasteiger charge is -2.32. The minimum absolute atomic E-state index is 0.0582. The van der Waals surface area contributed by atoms with Crippen LogP contribution in [0.15, 0.2) is 30.7 Å². The number of likely N-dealkylation sites (N-methyl/N-ethyl adjacent to an activating group) is 1. The minimum atomic E-state index is -0.289. The Kier molecular flexibility index (Phi) is 5.93. The van der Waals surface area contributed by atoms with E-state index in [2.05, 4.69) is 30.7 Å². The highest BCUT2D eigenvalue weighted by Gasteiger charge is 2.30. The van der Waals surface area contributed by atoms with Crippen LogP contribution in [-0.4, -0.2) is 49.8 Å². The molecule has 32 heavy (non-hydrogen) atoms. The minimum Gasteiger partial charge on any atom is -0.475 e. The highest BCUT2D eigenvalue weighted by Crippen LogP contribution is 2.32. The number of fused-ring (bicyclic) bond motifs is 1. The van der Waals surface area contributed by atoms with Crippen molar-refractivity contribution < 1.29 is 9.53 Å². The predicted octanol–water partition coefficient (Wildman–Crippen LogP) is 2.60. The number of carbonyl (C=O) groups is 1. The molecule has 0 bridgehead atoms. The maximum atomic E-state index is 12.1. The summed E-state index contributed by atoms with van der Waals surface area (Å²) >= 11 is 0. The summed E-state index contributed by atoms with van der Waals surface area (Å²) in [6.45, 7) is 8.80. The second kappa shape index (κ2) is 8.81. The van der Waals surface area contributed by atoms with Crippen LogP contribution in [0.2, 0.25) is 0 Å². The van der Waals surface area contributed by atoms with E-state index in [0.29, 0.717) is 36.4 Å². The fourth-order valence-corrected chi connectivity index (χ4v) is 3.39. The van der Waals surface area contributed by atoms with Crippen molar-refractivity contribution >= 4 is 23.4 Å². The summed E-state index contributed by atoms with van der Waals surface area (Å²) < 4.78 is 7.44. The Labute approximate surface area is 187 Å². The Bertz CT molecular complexity index is 1110. The van der Waals surface area contributed by atoms with Gasteiger partial charge in [-0.15, -0.1) is 0 Å². The zero-order chi connectivity index (χ0) is 22.8. The van der Waals surface area contributed by atoms with Gasteiger partial charge in [0, 0.05) is 37.6 Å². The third-order valence-corrected chi connectivity index (χ3v) is 5.25. The lowest BCUT2D eigenvalue weighted by atomic mass is 10.2. The first-order chi connectivity index (χ1) is 15.3. The Morgan fingerprint density at radius 2 is 2.03 bits per heavy atom. The van der Waals surface area contributed by atoms with Crippen LogP contribution < -0.4 is 20.3 Å². The van der Waals surface area contributed by atoms with Crippen molar-refractivity contribution in [2.75, 3.05) is 22.6 Å². The van der Waals surface area contributed by atoms with Gasteiger partial charge in [0.05, 0.1) is 24.5 Å². The van der Waals surface area contributed by atoms with Gasteiger partial charge < -0.3 is 20.3 Å². The first kappa shape index (κ1) is 21.5. The summed E-state index contributed by atoms with van der Waals surface area (Å²) in [6.07, 6.45) is 5.69. The molecule has 0 unspecified atom stereocenters. The number of nitrogens with zero attached hydrogens (tertiary/aromatic N) is 6. The van der Waals surface area contributed by atoms with Crippen molar-refractivity contribution in [3.63, 3.8) is 0 Å². The smallest absolute Gasteiger partial charge is 0.246 e. The number of nitrogens with one attached hydrogen (secondary N) is 2.